The number of hydrogen-bond acceptors (Lipinski definition) is 3. The Balaban J connectivity index is 1.79. The molecular formula is C16H18BrN3. The standard InChI is InChI=1S/C16H18BrN3/c1-10(2)11-5-7-13(8-6-11)18-15-9-14(17)19-16(20-15)12-3-4-12/h5-10,12H,3-4H2,1-2H3,(H,18,19,20). The Morgan fingerprint density at radius 2 is 1.85 bits per heavy atom. The number of nitrogens with one attached hydrogen (secondary N) is 1. The molecule has 1 saturated carbocycles. The van der Waals surface area contributed by atoms with Gasteiger partial charge in [0.25, 0.3) is 0 Å². The third-order valence-corrected chi connectivity index (χ3v) is 3.91. The van der Waals surface area contributed by atoms with Gasteiger partial charge in [-0.2, -0.15) is 0 Å². The van der Waals surface area contributed by atoms with Crippen molar-refractivity contribution >= 4 is 27.4 Å². The zero-order valence-corrected chi connectivity index (χ0v) is 13.3. The van der Waals surface area contributed by atoms with E-state index in [1.807, 2.05) is 6.07 Å². The molecule has 2 aromatic rings. The van der Waals surface area contributed by atoms with Crippen LogP contribution in [-0.4, -0.2) is 9.97 Å². The van der Waals surface area contributed by atoms with Crippen LogP contribution in [0.1, 0.15) is 49.9 Å². The first-order chi connectivity index (χ1) is 9.61. The van der Waals surface area contributed by atoms with Crippen molar-refractivity contribution in [2.24, 2.45) is 0 Å². The van der Waals surface area contributed by atoms with Crippen molar-refractivity contribution in [3.63, 3.8) is 0 Å². The van der Waals surface area contributed by atoms with Crippen LogP contribution in [0.25, 0.3) is 0 Å². The van der Waals surface area contributed by atoms with E-state index in [-0.39, 0.29) is 0 Å². The van der Waals surface area contributed by atoms with E-state index in [2.05, 4.69) is 69.3 Å². The topological polar surface area (TPSA) is 37.8 Å². The number of anilines is 2. The Labute approximate surface area is 128 Å². The van der Waals surface area contributed by atoms with Crippen molar-refractivity contribution in [1.82, 2.24) is 9.97 Å². The maximum atomic E-state index is 4.60. The molecule has 0 unspecified atom stereocenters. The van der Waals surface area contributed by atoms with Gasteiger partial charge in [-0.25, -0.2) is 9.97 Å². The summed E-state index contributed by atoms with van der Waals surface area (Å²) in [6.45, 7) is 4.40. The van der Waals surface area contributed by atoms with Crippen LogP contribution in [0.2, 0.25) is 0 Å². The fourth-order valence-electron chi connectivity index (χ4n) is 2.12. The van der Waals surface area contributed by atoms with Crippen molar-refractivity contribution in [3.8, 4) is 0 Å². The lowest BCUT2D eigenvalue weighted by atomic mass is 10.0. The van der Waals surface area contributed by atoms with Gasteiger partial charge in [0, 0.05) is 17.7 Å². The number of rotatable bonds is 4. The molecule has 1 heterocycles. The summed E-state index contributed by atoms with van der Waals surface area (Å²) in [7, 11) is 0. The van der Waals surface area contributed by atoms with Crippen LogP contribution in [0.3, 0.4) is 0 Å². The minimum atomic E-state index is 0.552. The molecule has 0 spiro atoms. The summed E-state index contributed by atoms with van der Waals surface area (Å²) >= 11 is 3.46. The molecule has 1 N–H and O–H groups in total. The van der Waals surface area contributed by atoms with Crippen LogP contribution < -0.4 is 5.32 Å². The van der Waals surface area contributed by atoms with Crippen molar-refractivity contribution in [2.45, 2.75) is 38.5 Å². The van der Waals surface area contributed by atoms with Gasteiger partial charge in [-0.3, -0.25) is 0 Å². The molecule has 1 fully saturated rings. The molecule has 3 nitrogen and oxygen atoms in total. The monoisotopic (exact) mass is 331 g/mol. The molecule has 1 aromatic heterocycles. The van der Waals surface area contributed by atoms with Gasteiger partial charge >= 0.3 is 0 Å². The molecule has 0 amide bonds. The van der Waals surface area contributed by atoms with Gasteiger partial charge in [-0.1, -0.05) is 26.0 Å². The maximum absolute atomic E-state index is 4.60. The average Bonchev–Trinajstić information content (AvgIpc) is 3.23. The molecule has 1 aliphatic rings. The third-order valence-electron chi connectivity index (χ3n) is 3.50. The first-order valence-electron chi connectivity index (χ1n) is 7.03. The van der Waals surface area contributed by atoms with E-state index in [0.717, 1.165) is 21.9 Å². The van der Waals surface area contributed by atoms with E-state index >= 15 is 0 Å². The molecule has 0 bridgehead atoms. The molecular weight excluding hydrogens is 314 g/mol. The average molecular weight is 332 g/mol. The van der Waals surface area contributed by atoms with E-state index in [1.54, 1.807) is 0 Å². The second-order valence-corrected chi connectivity index (χ2v) is 6.42. The molecule has 104 valence electrons. The largest absolute Gasteiger partial charge is 0.340 e. The predicted octanol–water partition coefficient (Wildman–Crippen LogP) is 4.98. The van der Waals surface area contributed by atoms with E-state index in [0.29, 0.717) is 11.8 Å². The molecule has 0 saturated heterocycles. The molecule has 3 rings (SSSR count). The summed E-state index contributed by atoms with van der Waals surface area (Å²) in [5.41, 5.74) is 2.40. The van der Waals surface area contributed by atoms with E-state index < -0.39 is 0 Å². The number of benzene rings is 1. The van der Waals surface area contributed by atoms with Crippen LogP contribution >= 0.6 is 15.9 Å². The molecule has 1 aromatic carbocycles. The van der Waals surface area contributed by atoms with Crippen LogP contribution in [-0.2, 0) is 0 Å². The Hall–Kier alpha value is -1.42. The van der Waals surface area contributed by atoms with Gasteiger partial charge in [0.15, 0.2) is 0 Å². The van der Waals surface area contributed by atoms with E-state index in [1.165, 1.54) is 18.4 Å². The van der Waals surface area contributed by atoms with Gasteiger partial charge in [0.2, 0.25) is 0 Å². The lowest BCUT2D eigenvalue weighted by molar-refractivity contribution is 0.867. The van der Waals surface area contributed by atoms with Crippen molar-refractivity contribution in [2.75, 3.05) is 5.32 Å². The highest BCUT2D eigenvalue weighted by Gasteiger charge is 2.27. The van der Waals surface area contributed by atoms with Gasteiger partial charge in [-0.05, 0) is 52.4 Å². The minimum Gasteiger partial charge on any atom is -0.340 e. The minimum absolute atomic E-state index is 0.552. The van der Waals surface area contributed by atoms with Gasteiger partial charge in [0.1, 0.15) is 16.2 Å². The van der Waals surface area contributed by atoms with Crippen molar-refractivity contribution in [1.29, 1.82) is 0 Å². The Morgan fingerprint density at radius 1 is 1.15 bits per heavy atom. The van der Waals surface area contributed by atoms with Gasteiger partial charge in [-0.15, -0.1) is 0 Å². The summed E-state index contributed by atoms with van der Waals surface area (Å²) in [4.78, 5) is 9.04. The summed E-state index contributed by atoms with van der Waals surface area (Å²) in [5, 5.41) is 3.35. The SMILES string of the molecule is CC(C)c1ccc(Nc2cc(Br)nc(C3CC3)n2)cc1. The van der Waals surface area contributed by atoms with Crippen LogP contribution in [0.15, 0.2) is 34.9 Å². The number of aromatic nitrogens is 2. The summed E-state index contributed by atoms with van der Waals surface area (Å²) in [6.07, 6.45) is 2.41. The zero-order valence-electron chi connectivity index (χ0n) is 11.7. The number of hydrogen-bond donors (Lipinski definition) is 1. The normalized spacial score (nSPS) is 14.6. The number of halogens is 1. The van der Waals surface area contributed by atoms with Crippen molar-refractivity contribution in [3.05, 3.63) is 46.3 Å². The second-order valence-electron chi connectivity index (χ2n) is 5.61. The highest BCUT2D eigenvalue weighted by Crippen LogP contribution is 2.39. The highest BCUT2D eigenvalue weighted by molar-refractivity contribution is 9.10. The summed E-state index contributed by atoms with van der Waals surface area (Å²) in [6, 6.07) is 10.4. The Morgan fingerprint density at radius 3 is 2.45 bits per heavy atom. The van der Waals surface area contributed by atoms with E-state index in [9.17, 15) is 0 Å². The smallest absolute Gasteiger partial charge is 0.135 e. The lowest BCUT2D eigenvalue weighted by Crippen LogP contribution is -2.00. The molecule has 20 heavy (non-hydrogen) atoms. The highest BCUT2D eigenvalue weighted by atomic mass is 79.9. The summed E-state index contributed by atoms with van der Waals surface area (Å²) < 4.78 is 0.843. The van der Waals surface area contributed by atoms with Gasteiger partial charge < -0.3 is 5.32 Å². The molecule has 0 aliphatic heterocycles. The first kappa shape index (κ1) is 13.6. The Bertz CT molecular complexity index is 604. The summed E-state index contributed by atoms with van der Waals surface area (Å²) in [5.74, 6) is 2.90. The van der Waals surface area contributed by atoms with Crippen molar-refractivity contribution < 1.29 is 0 Å². The van der Waals surface area contributed by atoms with Crippen LogP contribution in [0, 0.1) is 0 Å². The molecule has 0 radical (unpaired) electrons. The lowest BCUT2D eigenvalue weighted by Gasteiger charge is -2.10. The third kappa shape index (κ3) is 3.18. The molecule has 0 atom stereocenters. The fourth-order valence-corrected chi connectivity index (χ4v) is 2.52. The second kappa shape index (κ2) is 5.52. The molecule has 1 aliphatic carbocycles. The fraction of sp³-hybridized carbons (Fsp3) is 0.375. The van der Waals surface area contributed by atoms with Crippen LogP contribution in [0.4, 0.5) is 11.5 Å². The number of nitrogens with zero attached hydrogens (tertiary/aromatic N) is 2. The van der Waals surface area contributed by atoms with Crippen LogP contribution in [0.5, 0.6) is 0 Å². The maximum Gasteiger partial charge on any atom is 0.135 e. The predicted molar refractivity (Wildman–Crippen MR) is 85.5 cm³/mol. The quantitative estimate of drug-likeness (QED) is 0.802. The first-order valence-corrected chi connectivity index (χ1v) is 7.82. The van der Waals surface area contributed by atoms with Gasteiger partial charge in [0.05, 0.1) is 0 Å². The van der Waals surface area contributed by atoms with E-state index in [4.69, 9.17) is 0 Å². The molecule has 4 heteroatoms. The zero-order chi connectivity index (χ0) is 14.1. The Kier molecular flexibility index (Phi) is 3.74.